The van der Waals surface area contributed by atoms with E-state index < -0.39 is 23.9 Å². The van der Waals surface area contributed by atoms with Crippen LogP contribution in [-0.2, 0) is 11.3 Å². The highest BCUT2D eigenvalue weighted by atomic mass is 19.1. The fourth-order valence-corrected chi connectivity index (χ4v) is 6.05. The number of carbonyl (C=O) groups is 2. The van der Waals surface area contributed by atoms with Crippen molar-refractivity contribution in [2.75, 3.05) is 32.1 Å². The van der Waals surface area contributed by atoms with E-state index in [9.17, 15) is 23.5 Å². The SMILES string of the molecule is CCC(C(=O)Nc1cccc2c1O[C@H](CN(C)Cc1ccc(Oc3ccccc3F)cc1)[C@H](C)CN([C@@H](C)CO)C2=O)c1ccc(F)cc1. The van der Waals surface area contributed by atoms with Crippen LogP contribution in [0.2, 0.25) is 0 Å². The molecule has 1 unspecified atom stereocenters. The van der Waals surface area contributed by atoms with E-state index in [0.29, 0.717) is 43.1 Å². The number of halogens is 2. The second-order valence-corrected chi connectivity index (χ2v) is 12.7. The predicted octanol–water partition coefficient (Wildman–Crippen LogP) is 7.24. The van der Waals surface area contributed by atoms with Crippen LogP contribution in [0.4, 0.5) is 14.5 Å². The Hall–Kier alpha value is -4.80. The van der Waals surface area contributed by atoms with Crippen molar-refractivity contribution in [3.63, 3.8) is 0 Å². The van der Waals surface area contributed by atoms with Gasteiger partial charge in [-0.2, -0.15) is 0 Å². The Balaban J connectivity index is 1.37. The van der Waals surface area contributed by atoms with Gasteiger partial charge in [0.25, 0.3) is 5.91 Å². The summed E-state index contributed by atoms with van der Waals surface area (Å²) in [7, 11) is 1.97. The maximum atomic E-state index is 14.0. The van der Waals surface area contributed by atoms with Crippen molar-refractivity contribution in [3.8, 4) is 17.2 Å². The van der Waals surface area contributed by atoms with Crippen LogP contribution in [0, 0.1) is 17.6 Å². The van der Waals surface area contributed by atoms with Crippen LogP contribution in [0.15, 0.2) is 91.0 Å². The third-order valence-corrected chi connectivity index (χ3v) is 8.88. The molecule has 10 heteroatoms. The van der Waals surface area contributed by atoms with Crippen LogP contribution in [0.1, 0.15) is 54.6 Å². The lowest BCUT2D eigenvalue weighted by Gasteiger charge is -2.38. The molecule has 0 aliphatic carbocycles. The number of aliphatic hydroxyl groups excluding tert-OH is 1. The minimum Gasteiger partial charge on any atom is -0.486 e. The van der Waals surface area contributed by atoms with Crippen molar-refractivity contribution in [3.05, 3.63) is 119 Å². The highest BCUT2D eigenvalue weighted by Crippen LogP contribution is 2.36. The maximum absolute atomic E-state index is 14.0. The second-order valence-electron chi connectivity index (χ2n) is 12.7. The summed E-state index contributed by atoms with van der Waals surface area (Å²) in [6.45, 7) is 6.90. The van der Waals surface area contributed by atoms with Crippen molar-refractivity contribution < 1.29 is 33.0 Å². The molecular weight excluding hydrogens is 628 g/mol. The number of likely N-dealkylation sites (N-methyl/N-ethyl adjacent to an activating group) is 1. The van der Waals surface area contributed by atoms with Crippen molar-refractivity contribution in [1.29, 1.82) is 0 Å². The monoisotopic (exact) mass is 671 g/mol. The van der Waals surface area contributed by atoms with Crippen LogP contribution in [0.5, 0.6) is 17.2 Å². The molecule has 0 radical (unpaired) electrons. The van der Waals surface area contributed by atoms with E-state index in [0.717, 1.165) is 5.56 Å². The average Bonchev–Trinajstić information content (AvgIpc) is 3.09. The zero-order chi connectivity index (χ0) is 35.1. The molecule has 2 amide bonds. The van der Waals surface area contributed by atoms with Gasteiger partial charge >= 0.3 is 0 Å². The van der Waals surface area contributed by atoms with Crippen molar-refractivity contribution in [2.45, 2.75) is 51.8 Å². The Kier molecular flexibility index (Phi) is 11.6. The molecule has 0 aromatic heterocycles. The number of nitrogens with one attached hydrogen (secondary N) is 1. The fraction of sp³-hybridized carbons (Fsp3) is 0.333. The minimum atomic E-state index is -0.545. The average molecular weight is 672 g/mol. The molecule has 4 atom stereocenters. The van der Waals surface area contributed by atoms with E-state index in [-0.39, 0.29) is 47.2 Å². The van der Waals surface area contributed by atoms with Crippen LogP contribution >= 0.6 is 0 Å². The van der Waals surface area contributed by atoms with Gasteiger partial charge in [0, 0.05) is 25.6 Å². The Labute approximate surface area is 286 Å². The number of para-hydroxylation sites is 2. The highest BCUT2D eigenvalue weighted by molar-refractivity contribution is 6.03. The van der Waals surface area contributed by atoms with E-state index >= 15 is 0 Å². The number of carbonyl (C=O) groups excluding carboxylic acids is 2. The molecule has 5 rings (SSSR count). The smallest absolute Gasteiger partial charge is 0.258 e. The first-order chi connectivity index (χ1) is 23.6. The number of hydrogen-bond donors (Lipinski definition) is 2. The topological polar surface area (TPSA) is 91.3 Å². The molecule has 8 nitrogen and oxygen atoms in total. The maximum Gasteiger partial charge on any atom is 0.258 e. The van der Waals surface area contributed by atoms with E-state index in [4.69, 9.17) is 9.47 Å². The Bertz CT molecular complexity index is 1730. The van der Waals surface area contributed by atoms with Gasteiger partial charge in [-0.1, -0.05) is 56.3 Å². The summed E-state index contributed by atoms with van der Waals surface area (Å²) in [5.41, 5.74) is 2.34. The van der Waals surface area contributed by atoms with Gasteiger partial charge in [-0.15, -0.1) is 0 Å². The summed E-state index contributed by atoms with van der Waals surface area (Å²) in [5, 5.41) is 13.0. The highest BCUT2D eigenvalue weighted by Gasteiger charge is 2.35. The number of ether oxygens (including phenoxy) is 2. The van der Waals surface area contributed by atoms with Crippen molar-refractivity contribution >= 4 is 17.5 Å². The Morgan fingerprint density at radius 3 is 2.43 bits per heavy atom. The van der Waals surface area contributed by atoms with E-state index in [2.05, 4.69) is 10.2 Å². The second kappa shape index (κ2) is 16.1. The number of anilines is 1. The third-order valence-electron chi connectivity index (χ3n) is 8.88. The van der Waals surface area contributed by atoms with Gasteiger partial charge in [-0.25, -0.2) is 8.78 Å². The Morgan fingerprint density at radius 2 is 1.76 bits per heavy atom. The van der Waals surface area contributed by atoms with Crippen LogP contribution < -0.4 is 14.8 Å². The van der Waals surface area contributed by atoms with Gasteiger partial charge in [0.2, 0.25) is 5.91 Å². The standard InChI is InChI=1S/C39H43F2N3O5/c1-5-31(28-15-17-29(40)18-16-28)38(46)42-34-11-8-9-32-37(34)49-36(25(2)21-44(39(32)47)26(3)24-45)23-43(4)22-27-13-19-30(20-14-27)48-35-12-7-6-10-33(35)41/h6-20,25-26,31,36,45H,5,21-24H2,1-4H3,(H,42,46)/t25-,26+,31?,36-/m1/s1. The predicted molar refractivity (Wildman–Crippen MR) is 185 cm³/mol. The number of amides is 2. The van der Waals surface area contributed by atoms with E-state index in [1.54, 1.807) is 72.5 Å². The van der Waals surface area contributed by atoms with E-state index in [1.165, 1.54) is 18.2 Å². The van der Waals surface area contributed by atoms with Gasteiger partial charge in [-0.3, -0.25) is 14.5 Å². The number of hydrogen-bond acceptors (Lipinski definition) is 6. The van der Waals surface area contributed by atoms with Gasteiger partial charge in [-0.05, 0) is 80.1 Å². The molecule has 0 saturated heterocycles. The lowest BCUT2D eigenvalue weighted by molar-refractivity contribution is -0.117. The van der Waals surface area contributed by atoms with Gasteiger partial charge in [0.1, 0.15) is 17.7 Å². The molecule has 1 aliphatic rings. The third kappa shape index (κ3) is 8.63. The number of rotatable bonds is 12. The molecule has 0 bridgehead atoms. The summed E-state index contributed by atoms with van der Waals surface area (Å²) in [6, 6.07) is 24.2. The molecule has 0 fully saturated rings. The molecule has 0 spiro atoms. The summed E-state index contributed by atoms with van der Waals surface area (Å²) in [5.74, 6) is -1.16. The molecule has 49 heavy (non-hydrogen) atoms. The largest absolute Gasteiger partial charge is 0.486 e. The summed E-state index contributed by atoms with van der Waals surface area (Å²) in [6.07, 6.45) is 0.0837. The first-order valence-corrected chi connectivity index (χ1v) is 16.6. The molecule has 2 N–H and O–H groups in total. The lowest BCUT2D eigenvalue weighted by Crippen LogP contribution is -2.49. The van der Waals surface area contributed by atoms with Crippen molar-refractivity contribution in [2.24, 2.45) is 5.92 Å². The quantitative estimate of drug-likeness (QED) is 0.165. The number of fused-ring (bicyclic) bond motifs is 1. The summed E-state index contributed by atoms with van der Waals surface area (Å²) < 4.78 is 40.0. The van der Waals surface area contributed by atoms with Crippen LogP contribution in [0.3, 0.4) is 0 Å². The zero-order valence-corrected chi connectivity index (χ0v) is 28.2. The number of aliphatic hydroxyl groups is 1. The molecule has 4 aromatic carbocycles. The van der Waals surface area contributed by atoms with Crippen LogP contribution in [-0.4, -0.2) is 65.6 Å². The molecule has 1 heterocycles. The van der Waals surface area contributed by atoms with Crippen molar-refractivity contribution in [1.82, 2.24) is 9.80 Å². The van der Waals surface area contributed by atoms with Gasteiger partial charge < -0.3 is 24.8 Å². The minimum absolute atomic E-state index is 0.142. The lowest BCUT2D eigenvalue weighted by atomic mass is 9.95. The Morgan fingerprint density at radius 1 is 1.04 bits per heavy atom. The van der Waals surface area contributed by atoms with Gasteiger partial charge in [0.15, 0.2) is 17.3 Å². The molecule has 258 valence electrons. The molecule has 1 aliphatic heterocycles. The summed E-state index contributed by atoms with van der Waals surface area (Å²) in [4.78, 5) is 31.3. The molecule has 0 saturated carbocycles. The first-order valence-electron chi connectivity index (χ1n) is 16.6. The summed E-state index contributed by atoms with van der Waals surface area (Å²) >= 11 is 0. The number of benzene rings is 4. The van der Waals surface area contributed by atoms with Crippen LogP contribution in [0.25, 0.3) is 0 Å². The van der Waals surface area contributed by atoms with Gasteiger partial charge in [0.05, 0.1) is 29.8 Å². The normalized spacial score (nSPS) is 17.4. The first kappa shape index (κ1) is 35.5. The molecular formula is C39H43F2N3O5. The zero-order valence-electron chi connectivity index (χ0n) is 28.2. The molecule has 4 aromatic rings. The fourth-order valence-electron chi connectivity index (χ4n) is 6.05. The van der Waals surface area contributed by atoms with E-state index in [1.807, 2.05) is 33.0 Å². The number of nitrogens with zero attached hydrogens (tertiary/aromatic N) is 2.